The monoisotopic (exact) mass is 362 g/mol. The van der Waals surface area contributed by atoms with Gasteiger partial charge in [-0.25, -0.2) is 0 Å². The molecule has 0 unspecified atom stereocenters. The van der Waals surface area contributed by atoms with E-state index >= 15 is 0 Å². The van der Waals surface area contributed by atoms with Crippen LogP contribution < -0.4 is 21.3 Å². The van der Waals surface area contributed by atoms with Crippen LogP contribution in [0.1, 0.15) is 35.7 Å². The molecule has 0 fully saturated rings. The fourth-order valence-corrected chi connectivity index (χ4v) is 2.37. The summed E-state index contributed by atoms with van der Waals surface area (Å²) in [6, 6.07) is 12.4. The number of aromatic carboxylic acids is 1. The Labute approximate surface area is 151 Å². The van der Waals surface area contributed by atoms with E-state index in [2.05, 4.69) is 30.0 Å². The molecule has 0 saturated heterocycles. The average molecular weight is 363 g/mol. The molecule has 0 saturated carbocycles. The number of rotatable bonds is 5. The second-order valence-electron chi connectivity index (χ2n) is 5.46. The third-order valence-electron chi connectivity index (χ3n) is 3.34. The minimum atomic E-state index is -1.34. The number of carboxylic acids is 1. The normalized spacial score (nSPS) is 10.3. The lowest BCUT2D eigenvalue weighted by molar-refractivity contribution is -0.255. The third-order valence-corrected chi connectivity index (χ3v) is 3.88. The summed E-state index contributed by atoms with van der Waals surface area (Å²) in [6.45, 7) is 4.26. The van der Waals surface area contributed by atoms with E-state index in [0.717, 1.165) is 5.69 Å². The minimum absolute atomic E-state index is 0.0911. The van der Waals surface area contributed by atoms with Crippen molar-refractivity contribution in [2.45, 2.75) is 19.8 Å². The topological polar surface area (TPSA) is 76.2 Å². The Hall–Kier alpha value is -2.31. The summed E-state index contributed by atoms with van der Waals surface area (Å²) in [7, 11) is 0. The number of carbonyl (C=O) groups is 1. The molecule has 0 radical (unpaired) electrons. The zero-order valence-corrected chi connectivity index (χ0v) is 14.8. The van der Waals surface area contributed by atoms with Crippen LogP contribution in [0.4, 0.5) is 11.4 Å². The summed E-state index contributed by atoms with van der Waals surface area (Å²) in [5.41, 5.74) is 8.10. The highest BCUT2D eigenvalue weighted by molar-refractivity contribution is 7.80. The molecule has 0 aliphatic rings. The maximum absolute atomic E-state index is 10.9. The smallest absolute Gasteiger partial charge is 0.189 e. The van der Waals surface area contributed by atoms with Gasteiger partial charge in [-0.3, -0.25) is 10.9 Å². The number of nitrogens with one attached hydrogen (secondary N) is 3. The lowest BCUT2D eigenvalue weighted by Crippen LogP contribution is -2.33. The van der Waals surface area contributed by atoms with Gasteiger partial charge >= 0.3 is 0 Å². The number of anilines is 2. The molecule has 3 N–H and O–H groups in total. The largest absolute Gasteiger partial charge is 0.545 e. The van der Waals surface area contributed by atoms with E-state index in [-0.39, 0.29) is 10.6 Å². The number of benzene rings is 2. The summed E-state index contributed by atoms with van der Waals surface area (Å²) in [4.78, 5) is 10.9. The first-order chi connectivity index (χ1) is 11.4. The Morgan fingerprint density at radius 2 is 1.75 bits per heavy atom. The molecule has 2 aromatic carbocycles. The van der Waals surface area contributed by atoms with Crippen LogP contribution >= 0.6 is 23.8 Å². The maximum atomic E-state index is 10.9. The predicted octanol–water partition coefficient (Wildman–Crippen LogP) is 3.14. The van der Waals surface area contributed by atoms with Crippen LogP contribution in [-0.4, -0.2) is 11.1 Å². The van der Waals surface area contributed by atoms with Gasteiger partial charge in [-0.15, -0.1) is 0 Å². The fourth-order valence-electron chi connectivity index (χ4n) is 2.00. The molecule has 0 spiro atoms. The van der Waals surface area contributed by atoms with Crippen LogP contribution in [0.25, 0.3) is 0 Å². The van der Waals surface area contributed by atoms with Gasteiger partial charge in [-0.2, -0.15) is 0 Å². The summed E-state index contributed by atoms with van der Waals surface area (Å²) in [6.07, 6.45) is 0. The molecule has 7 heteroatoms. The van der Waals surface area contributed by atoms with E-state index in [4.69, 9.17) is 23.8 Å². The average Bonchev–Trinajstić information content (AvgIpc) is 2.54. The number of halogens is 1. The molecule has 2 rings (SSSR count). The summed E-state index contributed by atoms with van der Waals surface area (Å²) in [5, 5.41) is 14.4. The Balaban J connectivity index is 1.93. The van der Waals surface area contributed by atoms with Gasteiger partial charge in [0.1, 0.15) is 0 Å². The number of hydrogen-bond donors (Lipinski definition) is 3. The maximum Gasteiger partial charge on any atom is 0.189 e. The van der Waals surface area contributed by atoms with Crippen molar-refractivity contribution in [2.24, 2.45) is 0 Å². The van der Waals surface area contributed by atoms with Crippen molar-refractivity contribution >= 4 is 46.3 Å². The zero-order valence-electron chi connectivity index (χ0n) is 13.2. The molecule has 0 heterocycles. The summed E-state index contributed by atoms with van der Waals surface area (Å²) in [5.74, 6) is -0.872. The van der Waals surface area contributed by atoms with Crippen molar-refractivity contribution in [2.75, 3.05) is 10.7 Å². The SMILES string of the molecule is CC(C)c1ccc(NC(=S)NNc2ccc(Cl)c(C(=O)[O-])c2)cc1. The first-order valence-electron chi connectivity index (χ1n) is 7.30. The van der Waals surface area contributed by atoms with Crippen LogP contribution in [0.3, 0.4) is 0 Å². The molecule has 0 amide bonds. The lowest BCUT2D eigenvalue weighted by Gasteiger charge is -2.14. The number of thiocarbonyl (C=S) groups is 1. The predicted molar refractivity (Wildman–Crippen MR) is 99.3 cm³/mol. The second kappa shape index (κ2) is 7.99. The molecule has 2 aromatic rings. The van der Waals surface area contributed by atoms with Crippen molar-refractivity contribution in [3.8, 4) is 0 Å². The minimum Gasteiger partial charge on any atom is -0.545 e. The quantitative estimate of drug-likeness (QED) is 0.560. The van der Waals surface area contributed by atoms with Gasteiger partial charge in [-0.05, 0) is 54.0 Å². The Bertz CT molecular complexity index is 748. The molecule has 0 aliphatic heterocycles. The number of hydrogen-bond acceptors (Lipinski definition) is 4. The summed E-state index contributed by atoms with van der Waals surface area (Å²) >= 11 is 11.0. The van der Waals surface area contributed by atoms with E-state index < -0.39 is 5.97 Å². The van der Waals surface area contributed by atoms with Gasteiger partial charge in [0.2, 0.25) is 0 Å². The lowest BCUT2D eigenvalue weighted by atomic mass is 10.0. The van der Waals surface area contributed by atoms with Crippen LogP contribution in [0.2, 0.25) is 5.02 Å². The molecule has 0 bridgehead atoms. The van der Waals surface area contributed by atoms with E-state index in [9.17, 15) is 9.90 Å². The van der Waals surface area contributed by atoms with Crippen LogP contribution in [0.15, 0.2) is 42.5 Å². The van der Waals surface area contributed by atoms with Gasteiger partial charge in [0.15, 0.2) is 5.11 Å². The molecular weight excluding hydrogens is 346 g/mol. The highest BCUT2D eigenvalue weighted by Gasteiger charge is 2.04. The van der Waals surface area contributed by atoms with E-state index in [1.54, 1.807) is 6.07 Å². The third kappa shape index (κ3) is 4.84. The number of hydrazine groups is 1. The van der Waals surface area contributed by atoms with Gasteiger partial charge in [0.25, 0.3) is 0 Å². The van der Waals surface area contributed by atoms with Gasteiger partial charge in [-0.1, -0.05) is 37.6 Å². The highest BCUT2D eigenvalue weighted by atomic mass is 35.5. The summed E-state index contributed by atoms with van der Waals surface area (Å²) < 4.78 is 0. The van der Waals surface area contributed by atoms with Crippen LogP contribution in [0, 0.1) is 0 Å². The molecule has 5 nitrogen and oxygen atoms in total. The van der Waals surface area contributed by atoms with Crippen molar-refractivity contribution in [1.82, 2.24) is 5.43 Å². The van der Waals surface area contributed by atoms with E-state index in [1.807, 2.05) is 24.3 Å². The Kier molecular flexibility index (Phi) is 6.00. The Morgan fingerprint density at radius 1 is 1.12 bits per heavy atom. The van der Waals surface area contributed by atoms with Crippen molar-refractivity contribution in [3.05, 3.63) is 58.6 Å². The molecule has 0 aliphatic carbocycles. The molecule has 126 valence electrons. The molecule has 0 atom stereocenters. The van der Waals surface area contributed by atoms with Gasteiger partial charge in [0, 0.05) is 16.3 Å². The van der Waals surface area contributed by atoms with Gasteiger partial charge in [0.05, 0.1) is 11.7 Å². The standard InChI is InChI=1S/C17H18ClN3O2S/c1-10(2)11-3-5-12(6-4-11)19-17(24)21-20-13-7-8-15(18)14(9-13)16(22)23/h3-10,20H,1-2H3,(H,22,23)(H2,19,21,24)/p-1. The van der Waals surface area contributed by atoms with Crippen molar-refractivity contribution in [3.63, 3.8) is 0 Å². The number of carbonyl (C=O) groups excluding carboxylic acids is 1. The zero-order chi connectivity index (χ0) is 17.7. The van der Waals surface area contributed by atoms with Gasteiger partial charge < -0.3 is 15.2 Å². The Morgan fingerprint density at radius 3 is 2.33 bits per heavy atom. The first-order valence-corrected chi connectivity index (χ1v) is 8.09. The highest BCUT2D eigenvalue weighted by Crippen LogP contribution is 2.20. The van der Waals surface area contributed by atoms with Crippen LogP contribution in [-0.2, 0) is 0 Å². The molecule has 0 aromatic heterocycles. The number of carboxylic acid groups (broad SMARTS) is 1. The molecule has 24 heavy (non-hydrogen) atoms. The van der Waals surface area contributed by atoms with E-state index in [0.29, 0.717) is 16.7 Å². The van der Waals surface area contributed by atoms with E-state index in [1.165, 1.54) is 17.7 Å². The van der Waals surface area contributed by atoms with Crippen molar-refractivity contribution < 1.29 is 9.90 Å². The first kappa shape index (κ1) is 18.0. The van der Waals surface area contributed by atoms with Crippen LogP contribution in [0.5, 0.6) is 0 Å². The van der Waals surface area contributed by atoms with Crippen molar-refractivity contribution in [1.29, 1.82) is 0 Å². The second-order valence-corrected chi connectivity index (χ2v) is 6.28. The molecular formula is C17H17ClN3O2S-. The fraction of sp³-hybridized carbons (Fsp3) is 0.176.